The Morgan fingerprint density at radius 3 is 2.58 bits per heavy atom. The van der Waals surface area contributed by atoms with Crippen LogP contribution in [0.2, 0.25) is 0 Å². The second-order valence-electron chi connectivity index (χ2n) is 5.75. The molecule has 0 aliphatic rings. The Morgan fingerprint density at radius 2 is 1.96 bits per heavy atom. The van der Waals surface area contributed by atoms with Crippen molar-refractivity contribution in [3.05, 3.63) is 51.8 Å². The summed E-state index contributed by atoms with van der Waals surface area (Å²) in [6.07, 6.45) is 1.00. The average Bonchev–Trinajstić information content (AvgIpc) is 2.88. The van der Waals surface area contributed by atoms with Gasteiger partial charge >= 0.3 is 0 Å². The lowest BCUT2D eigenvalue weighted by molar-refractivity contribution is 0.555. The molecule has 0 atom stereocenters. The van der Waals surface area contributed by atoms with Crippen molar-refractivity contribution in [3.8, 4) is 0 Å². The van der Waals surface area contributed by atoms with E-state index in [0.29, 0.717) is 6.54 Å². The molecule has 1 heterocycles. The minimum absolute atomic E-state index is 0.667. The number of guanidine groups is 1. The third-order valence-electron chi connectivity index (χ3n) is 3.62. The first-order valence-corrected chi connectivity index (χ1v) is 9.15. The van der Waals surface area contributed by atoms with Crippen molar-refractivity contribution in [1.29, 1.82) is 0 Å². The molecule has 0 radical (unpaired) electrons. The summed E-state index contributed by atoms with van der Waals surface area (Å²) in [5, 5.41) is 11.2. The standard InChI is InChI=1S/C18H26BrN5/c1-4-20-18(22-13-16-6-8-17(19)9-7-16)21-10-5-11-24-15(3)12-14(2)23-24/h6-9,12H,4-5,10-11,13H2,1-3H3,(H2,20,21,22). The van der Waals surface area contributed by atoms with Crippen molar-refractivity contribution in [3.63, 3.8) is 0 Å². The third-order valence-corrected chi connectivity index (χ3v) is 4.15. The molecule has 5 nitrogen and oxygen atoms in total. The van der Waals surface area contributed by atoms with Gasteiger partial charge in [-0.05, 0) is 51.0 Å². The van der Waals surface area contributed by atoms with E-state index < -0.39 is 0 Å². The van der Waals surface area contributed by atoms with Crippen molar-refractivity contribution in [2.75, 3.05) is 13.1 Å². The van der Waals surface area contributed by atoms with E-state index in [9.17, 15) is 0 Å². The maximum Gasteiger partial charge on any atom is 0.191 e. The molecule has 0 unspecified atom stereocenters. The van der Waals surface area contributed by atoms with E-state index in [-0.39, 0.29) is 0 Å². The van der Waals surface area contributed by atoms with Gasteiger partial charge in [0, 0.05) is 29.8 Å². The summed E-state index contributed by atoms with van der Waals surface area (Å²) in [6.45, 7) is 9.50. The predicted octanol–water partition coefficient (Wildman–Crippen LogP) is 3.41. The number of hydrogen-bond acceptors (Lipinski definition) is 2. The highest BCUT2D eigenvalue weighted by Crippen LogP contribution is 2.11. The molecule has 2 aromatic rings. The van der Waals surface area contributed by atoms with Crippen LogP contribution >= 0.6 is 15.9 Å². The fourth-order valence-electron chi connectivity index (χ4n) is 2.44. The molecule has 0 saturated carbocycles. The predicted molar refractivity (Wildman–Crippen MR) is 103 cm³/mol. The maximum absolute atomic E-state index is 4.64. The smallest absolute Gasteiger partial charge is 0.191 e. The average molecular weight is 392 g/mol. The van der Waals surface area contributed by atoms with Crippen molar-refractivity contribution in [1.82, 2.24) is 20.4 Å². The number of aryl methyl sites for hydroxylation is 3. The number of aliphatic imine (C=N–C) groups is 1. The molecule has 6 heteroatoms. The molecule has 1 aromatic carbocycles. The first-order valence-electron chi connectivity index (χ1n) is 8.36. The highest BCUT2D eigenvalue weighted by Gasteiger charge is 2.01. The lowest BCUT2D eigenvalue weighted by Crippen LogP contribution is -2.38. The molecular weight excluding hydrogens is 366 g/mol. The molecule has 1 aromatic heterocycles. The van der Waals surface area contributed by atoms with Gasteiger partial charge in [-0.25, -0.2) is 4.99 Å². The lowest BCUT2D eigenvalue weighted by atomic mass is 10.2. The Hall–Kier alpha value is -1.82. The number of nitrogens with zero attached hydrogens (tertiary/aromatic N) is 3. The summed E-state index contributed by atoms with van der Waals surface area (Å²) in [5.74, 6) is 0.855. The van der Waals surface area contributed by atoms with E-state index in [0.717, 1.165) is 42.2 Å². The van der Waals surface area contributed by atoms with Gasteiger partial charge in [-0.15, -0.1) is 0 Å². The molecule has 0 aliphatic carbocycles. The second kappa shape index (κ2) is 9.47. The van der Waals surface area contributed by atoms with Gasteiger partial charge in [0.25, 0.3) is 0 Å². The van der Waals surface area contributed by atoms with Crippen LogP contribution in [0.3, 0.4) is 0 Å². The van der Waals surface area contributed by atoms with Crippen LogP contribution in [0, 0.1) is 13.8 Å². The van der Waals surface area contributed by atoms with Crippen LogP contribution in [0.1, 0.15) is 30.3 Å². The van der Waals surface area contributed by atoms with E-state index in [4.69, 9.17) is 0 Å². The zero-order valence-electron chi connectivity index (χ0n) is 14.6. The van der Waals surface area contributed by atoms with Crippen LogP contribution < -0.4 is 10.6 Å². The van der Waals surface area contributed by atoms with Gasteiger partial charge in [0.2, 0.25) is 0 Å². The molecule has 0 amide bonds. The maximum atomic E-state index is 4.64. The molecule has 2 rings (SSSR count). The summed E-state index contributed by atoms with van der Waals surface area (Å²) in [6, 6.07) is 10.4. The Labute approximate surface area is 152 Å². The Bertz CT molecular complexity index is 661. The molecule has 130 valence electrons. The van der Waals surface area contributed by atoms with Crippen LogP contribution in [-0.2, 0) is 13.1 Å². The van der Waals surface area contributed by atoms with Crippen molar-refractivity contribution in [2.45, 2.75) is 40.3 Å². The highest BCUT2D eigenvalue weighted by atomic mass is 79.9. The minimum Gasteiger partial charge on any atom is -0.357 e. The van der Waals surface area contributed by atoms with Gasteiger partial charge in [0.05, 0.1) is 12.2 Å². The molecule has 2 N–H and O–H groups in total. The number of halogens is 1. The van der Waals surface area contributed by atoms with E-state index >= 15 is 0 Å². The zero-order chi connectivity index (χ0) is 17.4. The van der Waals surface area contributed by atoms with Crippen LogP contribution in [0.25, 0.3) is 0 Å². The molecular formula is C18H26BrN5. The van der Waals surface area contributed by atoms with Crippen molar-refractivity contribution < 1.29 is 0 Å². The largest absolute Gasteiger partial charge is 0.357 e. The lowest BCUT2D eigenvalue weighted by Gasteiger charge is -2.11. The summed E-state index contributed by atoms with van der Waals surface area (Å²) in [7, 11) is 0. The van der Waals surface area contributed by atoms with Crippen LogP contribution in [-0.4, -0.2) is 28.8 Å². The topological polar surface area (TPSA) is 54.2 Å². The monoisotopic (exact) mass is 391 g/mol. The van der Waals surface area contributed by atoms with Crippen molar-refractivity contribution >= 4 is 21.9 Å². The minimum atomic E-state index is 0.667. The molecule has 0 fully saturated rings. The molecule has 24 heavy (non-hydrogen) atoms. The zero-order valence-corrected chi connectivity index (χ0v) is 16.2. The van der Waals surface area contributed by atoms with E-state index in [1.807, 2.05) is 19.1 Å². The van der Waals surface area contributed by atoms with E-state index in [1.54, 1.807) is 0 Å². The first-order chi connectivity index (χ1) is 11.6. The molecule has 0 saturated heterocycles. The third kappa shape index (κ3) is 6.00. The van der Waals surface area contributed by atoms with Gasteiger partial charge in [0.15, 0.2) is 5.96 Å². The van der Waals surface area contributed by atoms with Crippen LogP contribution in [0.4, 0.5) is 0 Å². The Balaban J connectivity index is 1.80. The Kier molecular flexibility index (Phi) is 7.31. The van der Waals surface area contributed by atoms with E-state index in [2.05, 4.69) is 73.4 Å². The Morgan fingerprint density at radius 1 is 1.21 bits per heavy atom. The fourth-order valence-corrected chi connectivity index (χ4v) is 2.70. The molecule has 0 bridgehead atoms. The summed E-state index contributed by atoms with van der Waals surface area (Å²) in [4.78, 5) is 4.64. The molecule has 0 aliphatic heterocycles. The normalized spacial score (nSPS) is 11.6. The summed E-state index contributed by atoms with van der Waals surface area (Å²) in [5.41, 5.74) is 3.48. The number of hydrogen-bond donors (Lipinski definition) is 2. The quantitative estimate of drug-likeness (QED) is 0.431. The van der Waals surface area contributed by atoms with Gasteiger partial charge in [-0.2, -0.15) is 5.10 Å². The number of aromatic nitrogens is 2. The van der Waals surface area contributed by atoms with Crippen LogP contribution in [0.15, 0.2) is 39.8 Å². The SMILES string of the molecule is CCNC(=NCc1ccc(Br)cc1)NCCCn1nc(C)cc1C. The first kappa shape index (κ1) is 18.5. The van der Waals surface area contributed by atoms with Gasteiger partial charge < -0.3 is 10.6 Å². The number of nitrogens with one attached hydrogen (secondary N) is 2. The number of benzene rings is 1. The summed E-state index contributed by atoms with van der Waals surface area (Å²) >= 11 is 3.45. The van der Waals surface area contributed by atoms with Gasteiger partial charge in [0.1, 0.15) is 0 Å². The van der Waals surface area contributed by atoms with Crippen molar-refractivity contribution in [2.24, 2.45) is 4.99 Å². The number of rotatable bonds is 7. The fraction of sp³-hybridized carbons (Fsp3) is 0.444. The highest BCUT2D eigenvalue weighted by molar-refractivity contribution is 9.10. The second-order valence-corrected chi connectivity index (χ2v) is 6.67. The summed E-state index contributed by atoms with van der Waals surface area (Å²) < 4.78 is 3.15. The van der Waals surface area contributed by atoms with Gasteiger partial charge in [-0.1, -0.05) is 28.1 Å². The molecule has 0 spiro atoms. The van der Waals surface area contributed by atoms with Crippen LogP contribution in [0.5, 0.6) is 0 Å². The van der Waals surface area contributed by atoms with E-state index in [1.165, 1.54) is 11.3 Å². The van der Waals surface area contributed by atoms with Gasteiger partial charge in [-0.3, -0.25) is 4.68 Å².